The first-order valence-electron chi connectivity index (χ1n) is 10.1. The molecule has 0 radical (unpaired) electrons. The van der Waals surface area contributed by atoms with Crippen molar-refractivity contribution in [1.82, 2.24) is 0 Å². The van der Waals surface area contributed by atoms with Crippen molar-refractivity contribution in [2.24, 2.45) is 0 Å². The minimum absolute atomic E-state index is 0.138. The highest BCUT2D eigenvalue weighted by Gasteiger charge is 2.23. The average Bonchev–Trinajstić information content (AvgIpc) is 3.33. The van der Waals surface area contributed by atoms with Crippen LogP contribution in [0.1, 0.15) is 39.1 Å². The largest absolute Gasteiger partial charge is 0.371 e. The standard InChI is InChI=1S/C24H21N3O4/c28-23(17-7-2-1-3-8-17)18-9-6-10-19(15-18)25-24(29)21-16-20(27(30)31)11-12-22(21)26-13-4-5-14-26/h1-3,6-12,15-16H,4-5,13-14H2,(H,25,29). The number of non-ortho nitro benzene ring substituents is 1. The molecule has 1 aliphatic rings. The van der Waals surface area contributed by atoms with Crippen LogP contribution in [0.25, 0.3) is 0 Å². The van der Waals surface area contributed by atoms with E-state index in [1.165, 1.54) is 12.1 Å². The summed E-state index contributed by atoms with van der Waals surface area (Å²) in [7, 11) is 0. The van der Waals surface area contributed by atoms with Gasteiger partial charge in [-0.2, -0.15) is 0 Å². The number of anilines is 2. The molecule has 0 spiro atoms. The summed E-state index contributed by atoms with van der Waals surface area (Å²) in [4.78, 5) is 38.6. The molecule has 1 heterocycles. The molecule has 156 valence electrons. The van der Waals surface area contributed by atoms with Gasteiger partial charge in [0.25, 0.3) is 11.6 Å². The summed E-state index contributed by atoms with van der Waals surface area (Å²) in [6, 6.07) is 19.9. The van der Waals surface area contributed by atoms with Gasteiger partial charge in [-0.3, -0.25) is 19.7 Å². The Morgan fingerprint density at radius 1 is 0.871 bits per heavy atom. The third kappa shape index (κ3) is 4.45. The Morgan fingerprint density at radius 3 is 2.29 bits per heavy atom. The summed E-state index contributed by atoms with van der Waals surface area (Å²) in [6.45, 7) is 1.61. The number of carbonyl (C=O) groups excluding carboxylic acids is 2. The molecule has 1 aliphatic heterocycles. The van der Waals surface area contributed by atoms with Crippen molar-refractivity contribution < 1.29 is 14.5 Å². The Balaban J connectivity index is 1.62. The maximum absolute atomic E-state index is 13.1. The number of hydrogen-bond acceptors (Lipinski definition) is 5. The van der Waals surface area contributed by atoms with Gasteiger partial charge < -0.3 is 10.2 Å². The normalized spacial score (nSPS) is 13.1. The molecule has 0 bridgehead atoms. The van der Waals surface area contributed by atoms with Gasteiger partial charge in [0.2, 0.25) is 0 Å². The summed E-state index contributed by atoms with van der Waals surface area (Å²) < 4.78 is 0. The van der Waals surface area contributed by atoms with Crippen molar-refractivity contribution in [2.75, 3.05) is 23.3 Å². The number of carbonyl (C=O) groups is 2. The van der Waals surface area contributed by atoms with Gasteiger partial charge in [0.05, 0.1) is 16.2 Å². The van der Waals surface area contributed by atoms with Gasteiger partial charge in [-0.25, -0.2) is 0 Å². The first kappa shape index (κ1) is 20.3. The van der Waals surface area contributed by atoms with E-state index in [1.807, 2.05) is 6.07 Å². The summed E-state index contributed by atoms with van der Waals surface area (Å²) in [5.74, 6) is -0.597. The molecule has 0 aliphatic carbocycles. The number of rotatable bonds is 6. The summed E-state index contributed by atoms with van der Waals surface area (Å²) >= 11 is 0. The number of nitro benzene ring substituents is 1. The van der Waals surface area contributed by atoms with Gasteiger partial charge in [0.15, 0.2) is 5.78 Å². The molecule has 3 aromatic rings. The lowest BCUT2D eigenvalue weighted by Gasteiger charge is -2.21. The lowest BCUT2D eigenvalue weighted by molar-refractivity contribution is -0.384. The van der Waals surface area contributed by atoms with Crippen molar-refractivity contribution >= 4 is 28.8 Å². The molecule has 31 heavy (non-hydrogen) atoms. The third-order valence-corrected chi connectivity index (χ3v) is 5.30. The number of benzene rings is 3. The van der Waals surface area contributed by atoms with Crippen molar-refractivity contribution in [1.29, 1.82) is 0 Å². The Morgan fingerprint density at radius 2 is 1.58 bits per heavy atom. The van der Waals surface area contributed by atoms with Gasteiger partial charge >= 0.3 is 0 Å². The highest BCUT2D eigenvalue weighted by atomic mass is 16.6. The fourth-order valence-corrected chi connectivity index (χ4v) is 3.75. The molecule has 7 nitrogen and oxygen atoms in total. The van der Waals surface area contributed by atoms with E-state index >= 15 is 0 Å². The highest BCUT2D eigenvalue weighted by Crippen LogP contribution is 2.29. The highest BCUT2D eigenvalue weighted by molar-refractivity contribution is 6.11. The van der Waals surface area contributed by atoms with E-state index < -0.39 is 10.8 Å². The van der Waals surface area contributed by atoms with Crippen molar-refractivity contribution in [3.05, 3.63) is 99.6 Å². The van der Waals surface area contributed by atoms with Gasteiger partial charge in [0.1, 0.15) is 0 Å². The second kappa shape index (κ2) is 8.79. The third-order valence-electron chi connectivity index (χ3n) is 5.30. The lowest BCUT2D eigenvalue weighted by Crippen LogP contribution is -2.23. The number of nitrogens with one attached hydrogen (secondary N) is 1. The fraction of sp³-hybridized carbons (Fsp3) is 0.167. The molecule has 0 atom stereocenters. The maximum Gasteiger partial charge on any atom is 0.270 e. The van der Waals surface area contributed by atoms with E-state index in [0.717, 1.165) is 25.9 Å². The zero-order valence-electron chi connectivity index (χ0n) is 16.8. The Hall–Kier alpha value is -4.00. The van der Waals surface area contributed by atoms with Gasteiger partial charge in [0, 0.05) is 42.0 Å². The molecular weight excluding hydrogens is 394 g/mol. The molecule has 0 unspecified atom stereocenters. The first-order valence-corrected chi connectivity index (χ1v) is 10.1. The summed E-state index contributed by atoms with van der Waals surface area (Å²) in [5, 5.41) is 14.0. The molecule has 4 rings (SSSR count). The van der Waals surface area contributed by atoms with E-state index in [1.54, 1.807) is 54.6 Å². The molecule has 0 aromatic heterocycles. The molecule has 1 amide bonds. The van der Waals surface area contributed by atoms with Crippen molar-refractivity contribution in [3.8, 4) is 0 Å². The minimum Gasteiger partial charge on any atom is -0.371 e. The molecule has 7 heteroatoms. The number of nitrogens with zero attached hydrogens (tertiary/aromatic N) is 2. The smallest absolute Gasteiger partial charge is 0.270 e. The van der Waals surface area contributed by atoms with Crippen LogP contribution in [-0.4, -0.2) is 29.7 Å². The molecule has 1 saturated heterocycles. The second-order valence-electron chi connectivity index (χ2n) is 7.38. The van der Waals surface area contributed by atoms with Crippen LogP contribution in [0, 0.1) is 10.1 Å². The quantitative estimate of drug-likeness (QED) is 0.359. The van der Waals surface area contributed by atoms with Crippen LogP contribution in [0.3, 0.4) is 0 Å². The van der Waals surface area contributed by atoms with Crippen molar-refractivity contribution in [2.45, 2.75) is 12.8 Å². The molecule has 0 saturated carbocycles. The van der Waals surface area contributed by atoms with Crippen LogP contribution >= 0.6 is 0 Å². The van der Waals surface area contributed by atoms with E-state index in [2.05, 4.69) is 10.2 Å². The van der Waals surface area contributed by atoms with Crippen molar-refractivity contribution in [3.63, 3.8) is 0 Å². The van der Waals surface area contributed by atoms with Crippen LogP contribution in [0.5, 0.6) is 0 Å². The van der Waals surface area contributed by atoms with Gasteiger partial charge in [-0.05, 0) is 31.0 Å². The average molecular weight is 415 g/mol. The monoisotopic (exact) mass is 415 g/mol. The van der Waals surface area contributed by atoms with Gasteiger partial charge in [-0.15, -0.1) is 0 Å². The Kier molecular flexibility index (Phi) is 5.75. The van der Waals surface area contributed by atoms with Crippen LogP contribution in [0.4, 0.5) is 17.1 Å². The van der Waals surface area contributed by atoms with Crippen LogP contribution < -0.4 is 10.2 Å². The summed E-state index contributed by atoms with van der Waals surface area (Å²) in [6.07, 6.45) is 2.03. The topological polar surface area (TPSA) is 92.5 Å². The molecule has 1 N–H and O–H groups in total. The zero-order valence-corrected chi connectivity index (χ0v) is 16.8. The maximum atomic E-state index is 13.1. The first-order chi connectivity index (χ1) is 15.0. The predicted molar refractivity (Wildman–Crippen MR) is 119 cm³/mol. The zero-order chi connectivity index (χ0) is 21.8. The molecule has 3 aromatic carbocycles. The Bertz CT molecular complexity index is 1140. The van der Waals surface area contributed by atoms with Gasteiger partial charge in [-0.1, -0.05) is 42.5 Å². The van der Waals surface area contributed by atoms with Crippen LogP contribution in [-0.2, 0) is 0 Å². The van der Waals surface area contributed by atoms with E-state index in [-0.39, 0.29) is 17.0 Å². The SMILES string of the molecule is O=C(c1ccccc1)c1cccc(NC(=O)c2cc([N+](=O)[O-])ccc2N2CCCC2)c1. The number of hydrogen-bond donors (Lipinski definition) is 1. The number of nitro groups is 1. The van der Waals surface area contributed by atoms with E-state index in [0.29, 0.717) is 22.5 Å². The lowest BCUT2D eigenvalue weighted by atomic mass is 10.0. The van der Waals surface area contributed by atoms with Crippen LogP contribution in [0.15, 0.2) is 72.8 Å². The summed E-state index contributed by atoms with van der Waals surface area (Å²) in [5.41, 5.74) is 2.24. The fourth-order valence-electron chi connectivity index (χ4n) is 3.75. The van der Waals surface area contributed by atoms with E-state index in [9.17, 15) is 19.7 Å². The Labute approximate surface area is 179 Å². The van der Waals surface area contributed by atoms with E-state index in [4.69, 9.17) is 0 Å². The second-order valence-corrected chi connectivity index (χ2v) is 7.38. The molecular formula is C24H21N3O4. The van der Waals surface area contributed by atoms with Crippen LogP contribution in [0.2, 0.25) is 0 Å². The molecule has 1 fully saturated rings. The predicted octanol–water partition coefficient (Wildman–Crippen LogP) is 4.68. The number of amides is 1. The number of ketones is 1. The minimum atomic E-state index is -0.510.